The van der Waals surface area contributed by atoms with Crippen LogP contribution in [0.5, 0.6) is 5.75 Å². The van der Waals surface area contributed by atoms with Crippen LogP contribution >= 0.6 is 0 Å². The first-order valence-electron chi connectivity index (χ1n) is 10.6. The molecule has 0 aliphatic carbocycles. The Kier molecular flexibility index (Phi) is 6.04. The minimum atomic E-state index is -0.907. The van der Waals surface area contributed by atoms with Gasteiger partial charge in [0.2, 0.25) is 5.91 Å². The number of aliphatic hydroxyl groups is 1. The highest BCUT2D eigenvalue weighted by atomic mass is 16.5. The minimum Gasteiger partial charge on any atom is -0.492 e. The van der Waals surface area contributed by atoms with E-state index in [1.54, 1.807) is 17.0 Å². The van der Waals surface area contributed by atoms with Gasteiger partial charge < -0.3 is 20.1 Å². The summed E-state index contributed by atoms with van der Waals surface area (Å²) < 4.78 is 5.96. The number of aliphatic hydroxyl groups excluding tert-OH is 1. The first kappa shape index (κ1) is 20.4. The van der Waals surface area contributed by atoms with Crippen molar-refractivity contribution in [3.05, 3.63) is 65.7 Å². The third-order valence-corrected chi connectivity index (χ3v) is 6.22. The average molecular weight is 408 g/mol. The molecule has 0 saturated carbocycles. The van der Waals surface area contributed by atoms with Crippen molar-refractivity contribution in [2.24, 2.45) is 5.41 Å². The SMILES string of the molecule is O=C(c1ccccc1OCCc1ccccc1)N1CC[C@@H](O)[C@@]2(CCCNC2=O)C1. The van der Waals surface area contributed by atoms with Gasteiger partial charge in [0.15, 0.2) is 0 Å². The molecule has 2 heterocycles. The molecule has 2 aromatic rings. The maximum Gasteiger partial charge on any atom is 0.257 e. The predicted molar refractivity (Wildman–Crippen MR) is 113 cm³/mol. The number of likely N-dealkylation sites (tertiary alicyclic amines) is 1. The highest BCUT2D eigenvalue weighted by Crippen LogP contribution is 2.38. The fraction of sp³-hybridized carbons (Fsp3) is 0.417. The number of hydrogen-bond acceptors (Lipinski definition) is 4. The summed E-state index contributed by atoms with van der Waals surface area (Å²) in [6, 6.07) is 17.3. The zero-order chi connectivity index (χ0) is 21.0. The standard InChI is InChI=1S/C24H28N2O4/c27-21-11-15-26(17-24(21)13-6-14-25-23(24)29)22(28)19-9-4-5-10-20(19)30-16-12-18-7-2-1-3-8-18/h1-5,7-10,21,27H,6,11-17H2,(H,25,29)/t21-,24-/m1/s1. The summed E-state index contributed by atoms with van der Waals surface area (Å²) in [6.45, 7) is 1.75. The lowest BCUT2D eigenvalue weighted by molar-refractivity contribution is -0.147. The molecule has 6 heteroatoms. The quantitative estimate of drug-likeness (QED) is 0.796. The second kappa shape index (κ2) is 8.88. The fourth-order valence-electron chi connectivity index (χ4n) is 4.48. The summed E-state index contributed by atoms with van der Waals surface area (Å²) in [6.07, 6.45) is 1.83. The van der Waals surface area contributed by atoms with E-state index < -0.39 is 11.5 Å². The van der Waals surface area contributed by atoms with Gasteiger partial charge in [0.05, 0.1) is 23.7 Å². The third kappa shape index (κ3) is 4.05. The van der Waals surface area contributed by atoms with Crippen molar-refractivity contribution in [2.75, 3.05) is 26.2 Å². The Labute approximate surface area is 176 Å². The zero-order valence-electron chi connectivity index (χ0n) is 17.0. The Hall–Kier alpha value is -2.86. The number of carbonyl (C=O) groups is 2. The number of ether oxygens (including phenoxy) is 1. The van der Waals surface area contributed by atoms with E-state index in [0.29, 0.717) is 43.9 Å². The van der Waals surface area contributed by atoms with Crippen molar-refractivity contribution in [3.8, 4) is 5.75 Å². The second-order valence-corrected chi connectivity index (χ2v) is 8.13. The summed E-state index contributed by atoms with van der Waals surface area (Å²) in [5.41, 5.74) is 0.764. The van der Waals surface area contributed by atoms with Gasteiger partial charge in [0.25, 0.3) is 5.91 Å². The van der Waals surface area contributed by atoms with Gasteiger partial charge in [-0.3, -0.25) is 9.59 Å². The van der Waals surface area contributed by atoms with Crippen molar-refractivity contribution < 1.29 is 19.4 Å². The summed E-state index contributed by atoms with van der Waals surface area (Å²) >= 11 is 0. The largest absolute Gasteiger partial charge is 0.492 e. The lowest BCUT2D eigenvalue weighted by Crippen LogP contribution is -2.62. The van der Waals surface area contributed by atoms with E-state index in [1.165, 1.54) is 5.56 Å². The zero-order valence-corrected chi connectivity index (χ0v) is 17.0. The Balaban J connectivity index is 1.47. The number of benzene rings is 2. The van der Waals surface area contributed by atoms with Crippen LogP contribution in [0.15, 0.2) is 54.6 Å². The molecule has 0 bridgehead atoms. The van der Waals surface area contributed by atoms with Crippen molar-refractivity contribution in [1.29, 1.82) is 0 Å². The number of carbonyl (C=O) groups excluding carboxylic acids is 2. The molecular formula is C24H28N2O4. The van der Waals surface area contributed by atoms with E-state index in [-0.39, 0.29) is 18.4 Å². The average Bonchev–Trinajstić information content (AvgIpc) is 2.78. The predicted octanol–water partition coefficient (Wildman–Crippen LogP) is 2.41. The molecule has 2 saturated heterocycles. The summed E-state index contributed by atoms with van der Waals surface area (Å²) in [4.78, 5) is 27.6. The van der Waals surface area contributed by atoms with Crippen molar-refractivity contribution >= 4 is 11.8 Å². The second-order valence-electron chi connectivity index (χ2n) is 8.13. The molecule has 2 N–H and O–H groups in total. The first-order chi connectivity index (χ1) is 14.6. The molecule has 4 rings (SSSR count). The molecule has 0 aromatic heterocycles. The van der Waals surface area contributed by atoms with Crippen molar-refractivity contribution in [1.82, 2.24) is 10.2 Å². The highest BCUT2D eigenvalue weighted by molar-refractivity contribution is 5.97. The van der Waals surface area contributed by atoms with Crippen LogP contribution in [-0.4, -0.2) is 54.2 Å². The fourth-order valence-corrected chi connectivity index (χ4v) is 4.48. The number of amides is 2. The Morgan fingerprint density at radius 2 is 1.93 bits per heavy atom. The molecule has 2 aromatic carbocycles. The molecule has 2 atom stereocenters. The van der Waals surface area contributed by atoms with Crippen LogP contribution in [0.1, 0.15) is 35.2 Å². The Morgan fingerprint density at radius 1 is 1.17 bits per heavy atom. The molecule has 158 valence electrons. The molecule has 2 aliphatic rings. The van der Waals surface area contributed by atoms with E-state index in [9.17, 15) is 14.7 Å². The molecule has 2 amide bonds. The van der Waals surface area contributed by atoms with Gasteiger partial charge in [0, 0.05) is 26.1 Å². The molecule has 1 spiro atoms. The van der Waals surface area contributed by atoms with E-state index in [0.717, 1.165) is 12.8 Å². The monoisotopic (exact) mass is 408 g/mol. The van der Waals surface area contributed by atoms with Gasteiger partial charge in [-0.05, 0) is 37.0 Å². The Bertz CT molecular complexity index is 901. The van der Waals surface area contributed by atoms with Gasteiger partial charge in [-0.15, -0.1) is 0 Å². The molecular weight excluding hydrogens is 380 g/mol. The van der Waals surface area contributed by atoms with Crippen molar-refractivity contribution in [3.63, 3.8) is 0 Å². The van der Waals surface area contributed by atoms with Gasteiger partial charge in [0.1, 0.15) is 5.75 Å². The van der Waals surface area contributed by atoms with Gasteiger partial charge in [-0.2, -0.15) is 0 Å². The number of nitrogens with one attached hydrogen (secondary N) is 1. The topological polar surface area (TPSA) is 78.9 Å². The normalized spacial score (nSPS) is 23.8. The molecule has 6 nitrogen and oxygen atoms in total. The van der Waals surface area contributed by atoms with Crippen LogP contribution in [-0.2, 0) is 11.2 Å². The van der Waals surface area contributed by atoms with Crippen LogP contribution in [0.4, 0.5) is 0 Å². The molecule has 2 fully saturated rings. The van der Waals surface area contributed by atoms with E-state index in [2.05, 4.69) is 5.32 Å². The van der Waals surface area contributed by atoms with E-state index >= 15 is 0 Å². The number of rotatable bonds is 5. The maximum absolute atomic E-state index is 13.3. The summed E-state index contributed by atoms with van der Waals surface area (Å²) in [5.74, 6) is 0.243. The number of hydrogen-bond donors (Lipinski definition) is 2. The molecule has 0 radical (unpaired) electrons. The maximum atomic E-state index is 13.3. The smallest absolute Gasteiger partial charge is 0.257 e. The van der Waals surface area contributed by atoms with Crippen LogP contribution in [0.25, 0.3) is 0 Å². The lowest BCUT2D eigenvalue weighted by atomic mass is 9.71. The van der Waals surface area contributed by atoms with Gasteiger partial charge >= 0.3 is 0 Å². The van der Waals surface area contributed by atoms with Crippen LogP contribution < -0.4 is 10.1 Å². The number of para-hydroxylation sites is 1. The van der Waals surface area contributed by atoms with Gasteiger partial charge in [-0.1, -0.05) is 42.5 Å². The van der Waals surface area contributed by atoms with Crippen LogP contribution in [0.2, 0.25) is 0 Å². The van der Waals surface area contributed by atoms with Crippen molar-refractivity contribution in [2.45, 2.75) is 31.8 Å². The molecule has 2 aliphatic heterocycles. The minimum absolute atomic E-state index is 0.147. The van der Waals surface area contributed by atoms with Gasteiger partial charge in [-0.25, -0.2) is 0 Å². The number of piperidine rings is 2. The lowest BCUT2D eigenvalue weighted by Gasteiger charge is -2.46. The third-order valence-electron chi connectivity index (χ3n) is 6.22. The molecule has 30 heavy (non-hydrogen) atoms. The molecule has 0 unspecified atom stereocenters. The summed E-state index contributed by atoms with van der Waals surface area (Å²) in [7, 11) is 0. The van der Waals surface area contributed by atoms with E-state index in [1.807, 2.05) is 42.5 Å². The number of nitrogens with zero attached hydrogens (tertiary/aromatic N) is 1. The first-order valence-corrected chi connectivity index (χ1v) is 10.6. The Morgan fingerprint density at radius 3 is 2.73 bits per heavy atom. The summed E-state index contributed by atoms with van der Waals surface area (Å²) in [5, 5.41) is 13.4. The van der Waals surface area contributed by atoms with Crippen LogP contribution in [0, 0.1) is 5.41 Å². The van der Waals surface area contributed by atoms with E-state index in [4.69, 9.17) is 4.74 Å². The van der Waals surface area contributed by atoms with Crippen LogP contribution in [0.3, 0.4) is 0 Å². The highest BCUT2D eigenvalue weighted by Gasteiger charge is 2.50.